The molecule has 0 saturated heterocycles. The summed E-state index contributed by atoms with van der Waals surface area (Å²) in [5.74, 6) is -1.90. The molecule has 0 aliphatic carbocycles. The first-order valence-corrected chi connectivity index (χ1v) is 3.32. The lowest BCUT2D eigenvalue weighted by Gasteiger charge is -1.97. The van der Waals surface area contributed by atoms with Crippen molar-refractivity contribution in [1.29, 1.82) is 0 Å². The van der Waals surface area contributed by atoms with Crippen molar-refractivity contribution in [3.63, 3.8) is 0 Å². The van der Waals surface area contributed by atoms with Crippen molar-refractivity contribution in [2.75, 3.05) is 11.9 Å². The van der Waals surface area contributed by atoms with E-state index in [0.717, 1.165) is 6.26 Å². The van der Waals surface area contributed by atoms with Gasteiger partial charge in [0.15, 0.2) is 5.82 Å². The third-order valence-electron chi connectivity index (χ3n) is 1.24. The maximum atomic E-state index is 10.7. The van der Waals surface area contributed by atoms with Crippen molar-refractivity contribution < 1.29 is 19.2 Å². The molecule has 0 aliphatic rings. The minimum atomic E-state index is -1.23. The van der Waals surface area contributed by atoms with Gasteiger partial charge in [-0.05, 0) is 0 Å². The van der Waals surface area contributed by atoms with Gasteiger partial charge in [-0.1, -0.05) is 5.16 Å². The number of anilines is 1. The average molecular weight is 185 g/mol. The number of amides is 1. The molecule has 4 N–H and O–H groups in total. The quantitative estimate of drug-likeness (QED) is 0.571. The number of carbonyl (C=O) groups excluding carboxylic acids is 1. The largest absolute Gasteiger partial charge is 0.477 e. The van der Waals surface area contributed by atoms with Gasteiger partial charge < -0.3 is 20.7 Å². The monoisotopic (exact) mass is 185 g/mol. The molecule has 1 aromatic rings. The van der Waals surface area contributed by atoms with Crippen LogP contribution in [0.25, 0.3) is 0 Å². The molecule has 0 aromatic carbocycles. The van der Waals surface area contributed by atoms with Gasteiger partial charge in [0.05, 0.1) is 6.54 Å². The number of nitrogens with two attached hydrogens (primary N) is 1. The van der Waals surface area contributed by atoms with Crippen molar-refractivity contribution in [2.24, 2.45) is 5.73 Å². The Morgan fingerprint density at radius 1 is 1.69 bits per heavy atom. The summed E-state index contributed by atoms with van der Waals surface area (Å²) in [5.41, 5.74) is 4.79. The first kappa shape index (κ1) is 9.20. The summed E-state index contributed by atoms with van der Waals surface area (Å²) >= 11 is 0. The summed E-state index contributed by atoms with van der Waals surface area (Å²) in [7, 11) is 0. The maximum Gasteiger partial charge on any atom is 0.342 e. The number of carboxylic acid groups (broad SMARTS) is 1. The van der Waals surface area contributed by atoms with Crippen LogP contribution < -0.4 is 11.1 Å². The van der Waals surface area contributed by atoms with Gasteiger partial charge in [0.25, 0.3) is 0 Å². The Hall–Kier alpha value is -1.89. The molecule has 0 saturated carbocycles. The zero-order valence-electron chi connectivity index (χ0n) is 6.48. The van der Waals surface area contributed by atoms with E-state index in [4.69, 9.17) is 10.8 Å². The zero-order chi connectivity index (χ0) is 9.84. The highest BCUT2D eigenvalue weighted by Crippen LogP contribution is 2.11. The summed E-state index contributed by atoms with van der Waals surface area (Å²) in [6.07, 6.45) is 0.925. The molecule has 0 spiro atoms. The van der Waals surface area contributed by atoms with Crippen LogP contribution in [0.15, 0.2) is 10.8 Å². The van der Waals surface area contributed by atoms with Crippen LogP contribution in [-0.4, -0.2) is 28.7 Å². The van der Waals surface area contributed by atoms with Gasteiger partial charge in [0.1, 0.15) is 11.8 Å². The fraction of sp³-hybridized carbons (Fsp3) is 0.167. The van der Waals surface area contributed by atoms with E-state index in [0.29, 0.717) is 0 Å². The van der Waals surface area contributed by atoms with Gasteiger partial charge >= 0.3 is 5.97 Å². The lowest BCUT2D eigenvalue weighted by atomic mass is 10.3. The fourth-order valence-electron chi connectivity index (χ4n) is 0.662. The van der Waals surface area contributed by atoms with Gasteiger partial charge in [-0.25, -0.2) is 4.79 Å². The standard InChI is InChI=1S/C6H7N3O4/c7-1-4(10)8-5-3(6(11)12)2-13-9-5/h2H,1,7H2,(H,11,12)(H,8,9,10). The number of carbonyl (C=O) groups is 2. The average Bonchev–Trinajstić information content (AvgIpc) is 2.52. The minimum Gasteiger partial charge on any atom is -0.477 e. The molecule has 7 heteroatoms. The highest BCUT2D eigenvalue weighted by atomic mass is 16.5. The van der Waals surface area contributed by atoms with Crippen molar-refractivity contribution in [3.8, 4) is 0 Å². The van der Waals surface area contributed by atoms with Crippen molar-refractivity contribution in [3.05, 3.63) is 11.8 Å². The lowest BCUT2D eigenvalue weighted by molar-refractivity contribution is -0.114. The molecule has 1 rings (SSSR count). The normalized spacial score (nSPS) is 9.62. The molecule has 0 unspecified atom stereocenters. The molecule has 1 amide bonds. The smallest absolute Gasteiger partial charge is 0.342 e. The molecule has 1 heterocycles. The minimum absolute atomic E-state index is 0.136. The van der Waals surface area contributed by atoms with Gasteiger partial charge in [0.2, 0.25) is 5.91 Å². The second-order valence-corrected chi connectivity index (χ2v) is 2.13. The van der Waals surface area contributed by atoms with Gasteiger partial charge in [-0.15, -0.1) is 0 Å². The summed E-state index contributed by atoms with van der Waals surface area (Å²) in [5, 5.41) is 14.0. The number of rotatable bonds is 3. The van der Waals surface area contributed by atoms with Crippen LogP contribution >= 0.6 is 0 Å². The first-order valence-electron chi connectivity index (χ1n) is 3.32. The molecule has 0 aliphatic heterocycles. The predicted molar refractivity (Wildman–Crippen MR) is 41.1 cm³/mol. The maximum absolute atomic E-state index is 10.7. The molecule has 0 fully saturated rings. The fourth-order valence-corrected chi connectivity index (χ4v) is 0.662. The molecule has 1 aromatic heterocycles. The van der Waals surface area contributed by atoms with Crippen LogP contribution in [0.4, 0.5) is 5.82 Å². The molecule has 70 valence electrons. The number of aromatic nitrogens is 1. The second kappa shape index (κ2) is 3.68. The Bertz CT molecular complexity index is 332. The van der Waals surface area contributed by atoms with Crippen LogP contribution in [0.3, 0.4) is 0 Å². The Morgan fingerprint density at radius 2 is 2.38 bits per heavy atom. The third-order valence-corrected chi connectivity index (χ3v) is 1.24. The van der Waals surface area contributed by atoms with E-state index in [1.165, 1.54) is 0 Å². The topological polar surface area (TPSA) is 118 Å². The highest BCUT2D eigenvalue weighted by molar-refractivity contribution is 5.99. The van der Waals surface area contributed by atoms with Crippen molar-refractivity contribution >= 4 is 17.7 Å². The third kappa shape index (κ3) is 2.03. The van der Waals surface area contributed by atoms with E-state index < -0.39 is 11.9 Å². The second-order valence-electron chi connectivity index (χ2n) is 2.13. The Balaban J connectivity index is 2.82. The van der Waals surface area contributed by atoms with E-state index in [1.54, 1.807) is 0 Å². The number of nitrogens with zero attached hydrogens (tertiary/aromatic N) is 1. The molecule has 0 bridgehead atoms. The zero-order valence-corrected chi connectivity index (χ0v) is 6.48. The van der Waals surface area contributed by atoms with E-state index in [1.807, 2.05) is 0 Å². The van der Waals surface area contributed by atoms with Crippen LogP contribution in [0, 0.1) is 0 Å². The first-order chi connectivity index (χ1) is 6.15. The summed E-state index contributed by atoms with van der Waals surface area (Å²) in [6.45, 7) is -0.244. The lowest BCUT2D eigenvalue weighted by Crippen LogP contribution is -2.23. The summed E-state index contributed by atoms with van der Waals surface area (Å²) < 4.78 is 4.37. The Morgan fingerprint density at radius 3 is 2.92 bits per heavy atom. The number of aromatic carboxylic acids is 1. The van der Waals surface area contributed by atoms with Gasteiger partial charge in [-0.3, -0.25) is 4.79 Å². The van der Waals surface area contributed by atoms with Crippen molar-refractivity contribution in [2.45, 2.75) is 0 Å². The van der Waals surface area contributed by atoms with E-state index in [9.17, 15) is 9.59 Å². The van der Waals surface area contributed by atoms with E-state index in [-0.39, 0.29) is 17.9 Å². The molecular weight excluding hydrogens is 178 g/mol. The van der Waals surface area contributed by atoms with Gasteiger partial charge in [-0.2, -0.15) is 0 Å². The summed E-state index contributed by atoms with van der Waals surface area (Å²) in [6, 6.07) is 0. The number of nitrogens with one attached hydrogen (secondary N) is 1. The predicted octanol–water partition coefficient (Wildman–Crippen LogP) is -0.730. The molecule has 0 radical (unpaired) electrons. The SMILES string of the molecule is NCC(=O)Nc1nocc1C(=O)O. The number of hydrogen-bond donors (Lipinski definition) is 3. The molecule has 7 nitrogen and oxygen atoms in total. The van der Waals surface area contributed by atoms with Crippen LogP contribution in [-0.2, 0) is 4.79 Å². The van der Waals surface area contributed by atoms with Crippen LogP contribution in [0.2, 0.25) is 0 Å². The molecular formula is C6H7N3O4. The summed E-state index contributed by atoms with van der Waals surface area (Å²) in [4.78, 5) is 21.2. The number of carboxylic acids is 1. The Kier molecular flexibility index (Phi) is 2.60. The highest BCUT2D eigenvalue weighted by Gasteiger charge is 2.15. The van der Waals surface area contributed by atoms with E-state index in [2.05, 4.69) is 15.0 Å². The number of hydrogen-bond acceptors (Lipinski definition) is 5. The van der Waals surface area contributed by atoms with Gasteiger partial charge in [0, 0.05) is 0 Å². The van der Waals surface area contributed by atoms with Crippen molar-refractivity contribution in [1.82, 2.24) is 5.16 Å². The molecule has 13 heavy (non-hydrogen) atoms. The van der Waals surface area contributed by atoms with Crippen LogP contribution in [0.1, 0.15) is 10.4 Å². The van der Waals surface area contributed by atoms with Crippen LogP contribution in [0.5, 0.6) is 0 Å². The van der Waals surface area contributed by atoms with E-state index >= 15 is 0 Å². The molecule has 0 atom stereocenters. The Labute approximate surface area is 72.5 Å².